The predicted molar refractivity (Wildman–Crippen MR) is 43.2 cm³/mol. The van der Waals surface area contributed by atoms with Gasteiger partial charge in [-0.05, 0) is 12.5 Å². The van der Waals surface area contributed by atoms with Crippen molar-refractivity contribution >= 4 is 5.78 Å². The molecule has 0 fully saturated rings. The first-order chi connectivity index (χ1) is 5.25. The van der Waals surface area contributed by atoms with Gasteiger partial charge in [-0.15, -0.1) is 0 Å². The van der Waals surface area contributed by atoms with E-state index in [9.17, 15) is 9.90 Å². The van der Waals surface area contributed by atoms with Crippen LogP contribution in [0.3, 0.4) is 0 Å². The van der Waals surface area contributed by atoms with E-state index in [1.807, 2.05) is 0 Å². The molecule has 2 atom stereocenters. The molecule has 1 aliphatic rings. The van der Waals surface area contributed by atoms with E-state index in [4.69, 9.17) is 0 Å². The average Bonchev–Trinajstić information content (AvgIpc) is 2.29. The van der Waals surface area contributed by atoms with E-state index < -0.39 is 6.10 Å². The third kappa shape index (κ3) is 1.90. The van der Waals surface area contributed by atoms with E-state index in [2.05, 4.69) is 6.92 Å². The van der Waals surface area contributed by atoms with Gasteiger partial charge in [-0.25, -0.2) is 0 Å². The van der Waals surface area contributed by atoms with Crippen LogP contribution in [0, 0.1) is 5.92 Å². The fourth-order valence-electron chi connectivity index (χ4n) is 1.36. The number of ketones is 1. The minimum absolute atomic E-state index is 0.0888. The average molecular weight is 154 g/mol. The molecule has 0 unspecified atom stereocenters. The molecule has 1 N–H and O–H groups in total. The van der Waals surface area contributed by atoms with Gasteiger partial charge in [0.15, 0.2) is 5.78 Å². The molecule has 2 nitrogen and oxygen atoms in total. The van der Waals surface area contributed by atoms with E-state index in [1.54, 1.807) is 6.08 Å². The first-order valence-corrected chi connectivity index (χ1v) is 4.16. The smallest absolute Gasteiger partial charge is 0.161 e. The van der Waals surface area contributed by atoms with Gasteiger partial charge in [-0.1, -0.05) is 25.8 Å². The van der Waals surface area contributed by atoms with Gasteiger partial charge in [0.25, 0.3) is 0 Å². The van der Waals surface area contributed by atoms with Crippen LogP contribution in [0.5, 0.6) is 0 Å². The number of aliphatic hydroxyl groups excluding tert-OH is 1. The maximum absolute atomic E-state index is 11.0. The largest absolute Gasteiger partial charge is 0.388 e. The highest BCUT2D eigenvalue weighted by Crippen LogP contribution is 2.20. The highest BCUT2D eigenvalue weighted by molar-refractivity contribution is 5.94. The first-order valence-electron chi connectivity index (χ1n) is 4.16. The molecule has 62 valence electrons. The zero-order valence-corrected chi connectivity index (χ0v) is 6.79. The number of carbonyl (C=O) groups excluding carboxylic acids is 1. The second-order valence-corrected chi connectivity index (χ2v) is 3.00. The molecule has 0 aliphatic heterocycles. The predicted octanol–water partition coefficient (Wildman–Crippen LogP) is 1.29. The maximum atomic E-state index is 11.0. The summed E-state index contributed by atoms with van der Waals surface area (Å²) in [5.41, 5.74) is 0. The fourth-order valence-corrected chi connectivity index (χ4v) is 1.36. The van der Waals surface area contributed by atoms with E-state index in [1.165, 1.54) is 6.08 Å². The molecule has 0 amide bonds. The zero-order chi connectivity index (χ0) is 8.27. The number of hydrogen-bond acceptors (Lipinski definition) is 2. The van der Waals surface area contributed by atoms with Crippen LogP contribution in [0.25, 0.3) is 0 Å². The minimum Gasteiger partial charge on any atom is -0.388 e. The Hall–Kier alpha value is -0.630. The molecule has 11 heavy (non-hydrogen) atoms. The Morgan fingerprint density at radius 3 is 2.82 bits per heavy atom. The second kappa shape index (κ2) is 3.67. The van der Waals surface area contributed by atoms with Gasteiger partial charge in [0.05, 0.1) is 12.0 Å². The maximum Gasteiger partial charge on any atom is 0.161 e. The second-order valence-electron chi connectivity index (χ2n) is 3.00. The molecule has 2 heteroatoms. The van der Waals surface area contributed by atoms with Gasteiger partial charge in [-0.2, -0.15) is 0 Å². The van der Waals surface area contributed by atoms with Crippen molar-refractivity contribution in [1.82, 2.24) is 0 Å². The highest BCUT2D eigenvalue weighted by Gasteiger charge is 2.27. The van der Waals surface area contributed by atoms with Gasteiger partial charge in [0.2, 0.25) is 0 Å². The van der Waals surface area contributed by atoms with Crippen LogP contribution in [-0.4, -0.2) is 17.0 Å². The quantitative estimate of drug-likeness (QED) is 0.665. The summed E-state index contributed by atoms with van der Waals surface area (Å²) in [6, 6.07) is 0. The normalized spacial score (nSPS) is 29.8. The summed E-state index contributed by atoms with van der Waals surface area (Å²) in [7, 11) is 0. The van der Waals surface area contributed by atoms with E-state index in [-0.39, 0.29) is 11.7 Å². The molecular formula is C9H14O2. The van der Waals surface area contributed by atoms with E-state index in [0.717, 1.165) is 19.3 Å². The van der Waals surface area contributed by atoms with Crippen molar-refractivity contribution in [2.45, 2.75) is 32.3 Å². The van der Waals surface area contributed by atoms with Crippen LogP contribution in [0.2, 0.25) is 0 Å². The lowest BCUT2D eigenvalue weighted by Gasteiger charge is -2.11. The van der Waals surface area contributed by atoms with E-state index in [0.29, 0.717) is 0 Å². The summed E-state index contributed by atoms with van der Waals surface area (Å²) in [6.45, 7) is 2.08. The van der Waals surface area contributed by atoms with Crippen molar-refractivity contribution < 1.29 is 9.90 Å². The van der Waals surface area contributed by atoms with Crippen LogP contribution in [0.15, 0.2) is 12.2 Å². The molecular weight excluding hydrogens is 140 g/mol. The molecule has 1 rings (SSSR count). The number of unbranched alkanes of at least 4 members (excludes halogenated alkanes) is 1. The molecule has 0 saturated heterocycles. The van der Waals surface area contributed by atoms with E-state index >= 15 is 0 Å². The van der Waals surface area contributed by atoms with Gasteiger partial charge in [0, 0.05) is 0 Å². The van der Waals surface area contributed by atoms with Crippen molar-refractivity contribution in [3.63, 3.8) is 0 Å². The van der Waals surface area contributed by atoms with Crippen LogP contribution in [0.4, 0.5) is 0 Å². The summed E-state index contributed by atoms with van der Waals surface area (Å²) < 4.78 is 0. The van der Waals surface area contributed by atoms with Crippen LogP contribution >= 0.6 is 0 Å². The molecule has 0 heterocycles. The number of allylic oxidation sites excluding steroid dienone is 1. The number of aliphatic hydroxyl groups is 1. The van der Waals surface area contributed by atoms with Crippen molar-refractivity contribution in [2.75, 3.05) is 0 Å². The van der Waals surface area contributed by atoms with Crippen LogP contribution in [0.1, 0.15) is 26.2 Å². The monoisotopic (exact) mass is 154 g/mol. The highest BCUT2D eigenvalue weighted by atomic mass is 16.3. The summed E-state index contributed by atoms with van der Waals surface area (Å²) in [5.74, 6) is -0.0547. The number of carbonyl (C=O) groups is 1. The first kappa shape index (κ1) is 8.47. The summed E-state index contributed by atoms with van der Waals surface area (Å²) in [6.07, 6.45) is 5.48. The summed E-state index contributed by atoms with van der Waals surface area (Å²) >= 11 is 0. The molecule has 0 aromatic carbocycles. The molecule has 0 saturated carbocycles. The van der Waals surface area contributed by atoms with Gasteiger partial charge >= 0.3 is 0 Å². The molecule has 0 bridgehead atoms. The third-order valence-corrected chi connectivity index (χ3v) is 2.10. The lowest BCUT2D eigenvalue weighted by molar-refractivity contribution is -0.119. The Balaban J connectivity index is 2.39. The SMILES string of the molecule is CCCC[C@@H]1C(=O)C=C[C@H]1O. The van der Waals surface area contributed by atoms with Crippen molar-refractivity contribution in [1.29, 1.82) is 0 Å². The Labute approximate surface area is 66.9 Å². The van der Waals surface area contributed by atoms with Crippen molar-refractivity contribution in [2.24, 2.45) is 5.92 Å². The Morgan fingerprint density at radius 2 is 2.36 bits per heavy atom. The van der Waals surface area contributed by atoms with Gasteiger partial charge in [-0.3, -0.25) is 4.79 Å². The zero-order valence-electron chi connectivity index (χ0n) is 6.79. The Bertz CT molecular complexity index is 172. The third-order valence-electron chi connectivity index (χ3n) is 2.10. The van der Waals surface area contributed by atoms with Crippen molar-refractivity contribution in [3.8, 4) is 0 Å². The molecule has 1 aliphatic carbocycles. The Kier molecular flexibility index (Phi) is 2.83. The lowest BCUT2D eigenvalue weighted by Crippen LogP contribution is -2.19. The molecule has 0 aromatic rings. The standard InChI is InChI=1S/C9H14O2/c1-2-3-4-7-8(10)5-6-9(7)11/h5-8,10H,2-4H2,1H3/t7-,8+/m0/s1. The van der Waals surface area contributed by atoms with Gasteiger partial charge < -0.3 is 5.11 Å². The number of rotatable bonds is 3. The van der Waals surface area contributed by atoms with Crippen molar-refractivity contribution in [3.05, 3.63) is 12.2 Å². The molecule has 0 aromatic heterocycles. The summed E-state index contributed by atoms with van der Waals surface area (Å²) in [5, 5.41) is 9.28. The van der Waals surface area contributed by atoms with Gasteiger partial charge in [0.1, 0.15) is 0 Å². The molecule has 0 spiro atoms. The van der Waals surface area contributed by atoms with Crippen LogP contribution in [-0.2, 0) is 4.79 Å². The topological polar surface area (TPSA) is 37.3 Å². The summed E-state index contributed by atoms with van der Waals surface area (Å²) in [4.78, 5) is 11.0. The Morgan fingerprint density at radius 1 is 1.64 bits per heavy atom. The minimum atomic E-state index is -0.519. The lowest BCUT2D eigenvalue weighted by atomic mass is 9.97. The fraction of sp³-hybridized carbons (Fsp3) is 0.667. The van der Waals surface area contributed by atoms with Crippen LogP contribution < -0.4 is 0 Å². The number of hydrogen-bond donors (Lipinski definition) is 1. The molecule has 0 radical (unpaired) electrons.